The third-order valence-electron chi connectivity index (χ3n) is 3.99. The molecule has 0 spiro atoms. The van der Waals surface area contributed by atoms with Crippen LogP contribution in [-0.4, -0.2) is 34.9 Å². The number of nitrogens with zero attached hydrogens (tertiary/aromatic N) is 2. The first-order valence-electron chi connectivity index (χ1n) is 7.34. The summed E-state index contributed by atoms with van der Waals surface area (Å²) in [6, 6.07) is 7.67. The van der Waals surface area contributed by atoms with Crippen LogP contribution in [0.5, 0.6) is 0 Å². The zero-order valence-corrected chi connectivity index (χ0v) is 16.4. The predicted octanol–water partition coefficient (Wildman–Crippen LogP) is 4.18. The van der Waals surface area contributed by atoms with Gasteiger partial charge in [0.15, 0.2) is 0 Å². The topological polar surface area (TPSA) is 59.2 Å². The average Bonchev–Trinajstić information content (AvgIpc) is 3.13. The second-order valence-corrected chi connectivity index (χ2v) is 6.91. The molecule has 8 heteroatoms. The van der Waals surface area contributed by atoms with Gasteiger partial charge in [-0.15, -0.1) is 36.2 Å². The first-order valence-corrected chi connectivity index (χ1v) is 8.54. The summed E-state index contributed by atoms with van der Waals surface area (Å²) < 4.78 is 0. The van der Waals surface area contributed by atoms with Crippen LogP contribution in [0.1, 0.15) is 28.2 Å². The molecule has 1 saturated heterocycles. The Labute approximate surface area is 163 Å². The fourth-order valence-electron chi connectivity index (χ4n) is 2.79. The number of carbonyl (C=O) groups is 1. The number of amides is 1. The minimum Gasteiger partial charge on any atom is -0.334 e. The molecule has 1 aromatic heterocycles. The Morgan fingerprint density at radius 1 is 1.38 bits per heavy atom. The lowest BCUT2D eigenvalue weighted by Crippen LogP contribution is -2.39. The number of benzene rings is 1. The number of likely N-dealkylation sites (tertiary alicyclic amines) is 1. The lowest BCUT2D eigenvalue weighted by Gasteiger charge is -2.22. The number of hydrogen-bond acceptors (Lipinski definition) is 4. The molecule has 2 aromatic rings. The van der Waals surface area contributed by atoms with Crippen LogP contribution < -0.4 is 5.73 Å². The van der Waals surface area contributed by atoms with Crippen LogP contribution in [0.4, 0.5) is 0 Å². The molecule has 24 heavy (non-hydrogen) atoms. The lowest BCUT2D eigenvalue weighted by molar-refractivity contribution is 0.0745. The van der Waals surface area contributed by atoms with Crippen molar-refractivity contribution < 1.29 is 4.79 Å². The van der Waals surface area contributed by atoms with Gasteiger partial charge in [-0.05, 0) is 31.9 Å². The number of thiazole rings is 1. The van der Waals surface area contributed by atoms with Crippen molar-refractivity contribution in [2.45, 2.75) is 25.8 Å². The van der Waals surface area contributed by atoms with Crippen molar-refractivity contribution in [3.8, 4) is 10.6 Å². The standard InChI is InChI=1S/C16H18ClN3OS.2ClH/c1-10-14(16(21)20-8-2-3-13(20)9-18)22-15(19-10)11-4-6-12(17)7-5-11;;/h4-7,13H,2-3,8-9,18H2,1H3;2*1H. The molecule has 1 aliphatic rings. The molecule has 1 fully saturated rings. The molecular weight excluding hydrogens is 389 g/mol. The monoisotopic (exact) mass is 407 g/mol. The SMILES string of the molecule is Cc1nc(-c2ccc(Cl)cc2)sc1C(=O)N1CCCC1CN.Cl.Cl. The van der Waals surface area contributed by atoms with Gasteiger partial charge in [0.05, 0.1) is 5.69 Å². The number of carbonyl (C=O) groups excluding carboxylic acids is 1. The molecule has 0 bridgehead atoms. The summed E-state index contributed by atoms with van der Waals surface area (Å²) in [4.78, 5) is 19.9. The molecule has 1 amide bonds. The van der Waals surface area contributed by atoms with Gasteiger partial charge in [-0.25, -0.2) is 4.98 Å². The molecule has 0 saturated carbocycles. The van der Waals surface area contributed by atoms with Gasteiger partial charge in [0.25, 0.3) is 5.91 Å². The largest absolute Gasteiger partial charge is 0.334 e. The second kappa shape index (κ2) is 9.02. The van der Waals surface area contributed by atoms with Crippen molar-refractivity contribution in [2.24, 2.45) is 5.73 Å². The van der Waals surface area contributed by atoms with E-state index in [0.29, 0.717) is 16.4 Å². The van der Waals surface area contributed by atoms with Gasteiger partial charge in [-0.3, -0.25) is 4.79 Å². The summed E-state index contributed by atoms with van der Waals surface area (Å²) >= 11 is 7.35. The average molecular weight is 409 g/mol. The summed E-state index contributed by atoms with van der Waals surface area (Å²) in [6.45, 7) is 3.19. The van der Waals surface area contributed by atoms with E-state index >= 15 is 0 Å². The Morgan fingerprint density at radius 2 is 2.04 bits per heavy atom. The van der Waals surface area contributed by atoms with Crippen molar-refractivity contribution in [3.63, 3.8) is 0 Å². The molecular formula is C16H20Cl3N3OS. The fraction of sp³-hybridized carbons (Fsp3) is 0.375. The molecule has 132 valence electrons. The van der Waals surface area contributed by atoms with Crippen LogP contribution >= 0.6 is 47.8 Å². The van der Waals surface area contributed by atoms with Gasteiger partial charge < -0.3 is 10.6 Å². The molecule has 1 aromatic carbocycles. The highest BCUT2D eigenvalue weighted by molar-refractivity contribution is 7.17. The highest BCUT2D eigenvalue weighted by atomic mass is 35.5. The molecule has 3 rings (SSSR count). The summed E-state index contributed by atoms with van der Waals surface area (Å²) in [5.74, 6) is 0.0585. The minimum absolute atomic E-state index is 0. The lowest BCUT2D eigenvalue weighted by atomic mass is 10.2. The zero-order valence-electron chi connectivity index (χ0n) is 13.2. The maximum atomic E-state index is 12.8. The predicted molar refractivity (Wildman–Crippen MR) is 105 cm³/mol. The molecule has 0 aliphatic carbocycles. The van der Waals surface area contributed by atoms with E-state index in [2.05, 4.69) is 4.98 Å². The molecule has 0 radical (unpaired) electrons. The van der Waals surface area contributed by atoms with Crippen molar-refractivity contribution in [1.82, 2.24) is 9.88 Å². The van der Waals surface area contributed by atoms with Crippen LogP contribution in [0, 0.1) is 6.92 Å². The Balaban J connectivity index is 0.00000144. The number of hydrogen-bond donors (Lipinski definition) is 1. The van der Waals surface area contributed by atoms with Crippen molar-refractivity contribution in [3.05, 3.63) is 39.9 Å². The maximum Gasteiger partial charge on any atom is 0.266 e. The van der Waals surface area contributed by atoms with E-state index in [9.17, 15) is 4.79 Å². The second-order valence-electron chi connectivity index (χ2n) is 5.47. The van der Waals surface area contributed by atoms with Gasteiger partial charge in [0.1, 0.15) is 9.88 Å². The highest BCUT2D eigenvalue weighted by Crippen LogP contribution is 2.31. The van der Waals surface area contributed by atoms with Crippen LogP contribution in [0.2, 0.25) is 5.02 Å². The number of rotatable bonds is 3. The number of aromatic nitrogens is 1. The zero-order chi connectivity index (χ0) is 15.7. The smallest absolute Gasteiger partial charge is 0.266 e. The summed E-state index contributed by atoms with van der Waals surface area (Å²) in [6.07, 6.45) is 2.01. The molecule has 2 heterocycles. The Kier molecular flexibility index (Phi) is 7.96. The van der Waals surface area contributed by atoms with Crippen molar-refractivity contribution >= 4 is 53.7 Å². The third kappa shape index (κ3) is 4.21. The number of halogens is 3. The van der Waals surface area contributed by atoms with Crippen LogP contribution in [0.15, 0.2) is 24.3 Å². The molecule has 1 atom stereocenters. The van der Waals surface area contributed by atoms with E-state index < -0.39 is 0 Å². The Bertz CT molecular complexity index is 690. The number of aryl methyl sites for hydroxylation is 1. The highest BCUT2D eigenvalue weighted by Gasteiger charge is 2.30. The van der Waals surface area contributed by atoms with E-state index in [1.54, 1.807) is 0 Å². The van der Waals surface area contributed by atoms with Crippen LogP contribution in [0.25, 0.3) is 10.6 Å². The van der Waals surface area contributed by atoms with Crippen LogP contribution in [-0.2, 0) is 0 Å². The quantitative estimate of drug-likeness (QED) is 0.829. The van der Waals surface area contributed by atoms with Gasteiger partial charge in [0.2, 0.25) is 0 Å². The van der Waals surface area contributed by atoms with Gasteiger partial charge in [0, 0.05) is 29.7 Å². The summed E-state index contributed by atoms with van der Waals surface area (Å²) in [7, 11) is 0. The van der Waals surface area contributed by atoms with Gasteiger partial charge >= 0.3 is 0 Å². The Morgan fingerprint density at radius 3 is 2.67 bits per heavy atom. The van der Waals surface area contributed by atoms with E-state index in [-0.39, 0.29) is 36.8 Å². The molecule has 1 unspecified atom stereocenters. The summed E-state index contributed by atoms with van der Waals surface area (Å²) in [5.41, 5.74) is 7.53. The molecule has 2 N–H and O–H groups in total. The van der Waals surface area contributed by atoms with Crippen LogP contribution in [0.3, 0.4) is 0 Å². The molecule has 4 nitrogen and oxygen atoms in total. The molecule has 1 aliphatic heterocycles. The number of nitrogens with two attached hydrogens (primary N) is 1. The van der Waals surface area contributed by atoms with Crippen molar-refractivity contribution in [2.75, 3.05) is 13.1 Å². The first-order chi connectivity index (χ1) is 10.6. The van der Waals surface area contributed by atoms with E-state index in [4.69, 9.17) is 17.3 Å². The Hall–Kier alpha value is -0.850. The maximum absolute atomic E-state index is 12.8. The van der Waals surface area contributed by atoms with E-state index in [1.807, 2.05) is 36.1 Å². The van der Waals surface area contributed by atoms with Gasteiger partial charge in [-0.1, -0.05) is 23.7 Å². The van der Waals surface area contributed by atoms with E-state index in [0.717, 1.165) is 35.7 Å². The first kappa shape index (κ1) is 21.2. The van der Waals surface area contributed by atoms with E-state index in [1.165, 1.54) is 11.3 Å². The van der Waals surface area contributed by atoms with Crippen molar-refractivity contribution in [1.29, 1.82) is 0 Å². The minimum atomic E-state index is 0. The summed E-state index contributed by atoms with van der Waals surface area (Å²) in [5, 5.41) is 1.54. The normalized spacial score (nSPS) is 16.5. The third-order valence-corrected chi connectivity index (χ3v) is 5.44. The van der Waals surface area contributed by atoms with Gasteiger partial charge in [-0.2, -0.15) is 0 Å². The fourth-order valence-corrected chi connectivity index (χ4v) is 3.94.